The highest BCUT2D eigenvalue weighted by Crippen LogP contribution is 2.18. The molecule has 0 radical (unpaired) electrons. The van der Waals surface area contributed by atoms with E-state index < -0.39 is 0 Å². The first-order chi connectivity index (χ1) is 11.8. The summed E-state index contributed by atoms with van der Waals surface area (Å²) < 4.78 is 5.31. The van der Waals surface area contributed by atoms with Crippen molar-refractivity contribution >= 4 is 5.82 Å². The number of aromatic nitrogens is 3. The van der Waals surface area contributed by atoms with Crippen molar-refractivity contribution in [1.82, 2.24) is 15.1 Å². The molecule has 0 spiro atoms. The van der Waals surface area contributed by atoms with Crippen LogP contribution in [-0.2, 0) is 12.8 Å². The van der Waals surface area contributed by atoms with Gasteiger partial charge in [0.15, 0.2) is 5.82 Å². The molecule has 6 nitrogen and oxygen atoms in total. The third-order valence-electron chi connectivity index (χ3n) is 3.61. The van der Waals surface area contributed by atoms with Gasteiger partial charge in [0.1, 0.15) is 5.82 Å². The summed E-state index contributed by atoms with van der Waals surface area (Å²) in [4.78, 5) is 8.68. The van der Waals surface area contributed by atoms with E-state index >= 15 is 0 Å². The summed E-state index contributed by atoms with van der Waals surface area (Å²) in [6, 6.07) is 14.1. The predicted molar refractivity (Wildman–Crippen MR) is 91.6 cm³/mol. The molecule has 0 saturated carbocycles. The van der Waals surface area contributed by atoms with E-state index in [0.717, 1.165) is 24.8 Å². The third-order valence-corrected chi connectivity index (χ3v) is 3.61. The smallest absolute Gasteiger partial charge is 0.259 e. The summed E-state index contributed by atoms with van der Waals surface area (Å²) in [6.45, 7) is 0.540. The first-order valence-electron chi connectivity index (χ1n) is 8.03. The Kier molecular flexibility index (Phi) is 5.52. The number of aryl methyl sites for hydroxylation is 2. The molecule has 2 N–H and O–H groups in total. The second-order valence-electron chi connectivity index (χ2n) is 5.44. The Balaban J connectivity index is 1.55. The molecule has 6 heteroatoms. The third kappa shape index (κ3) is 4.39. The average Bonchev–Trinajstić information content (AvgIpc) is 3.10. The van der Waals surface area contributed by atoms with E-state index in [1.54, 1.807) is 6.20 Å². The van der Waals surface area contributed by atoms with Crippen LogP contribution in [0.2, 0.25) is 0 Å². The quantitative estimate of drug-likeness (QED) is 0.663. The summed E-state index contributed by atoms with van der Waals surface area (Å²) in [5, 5.41) is 15.8. The van der Waals surface area contributed by atoms with Crippen LogP contribution in [-0.4, -0.2) is 33.4 Å². The maximum atomic E-state index is 8.78. The number of hydrogen-bond donors (Lipinski definition) is 2. The van der Waals surface area contributed by atoms with Crippen molar-refractivity contribution in [3.63, 3.8) is 0 Å². The topological polar surface area (TPSA) is 84.1 Å². The van der Waals surface area contributed by atoms with Crippen LogP contribution in [0.4, 0.5) is 5.82 Å². The molecule has 0 unspecified atom stereocenters. The number of hydrogen-bond acceptors (Lipinski definition) is 6. The zero-order valence-corrected chi connectivity index (χ0v) is 13.4. The van der Waals surface area contributed by atoms with Crippen LogP contribution in [0.5, 0.6) is 0 Å². The van der Waals surface area contributed by atoms with Gasteiger partial charge in [-0.3, -0.25) is 0 Å². The van der Waals surface area contributed by atoms with Gasteiger partial charge in [0.2, 0.25) is 0 Å². The van der Waals surface area contributed by atoms with E-state index in [1.807, 2.05) is 30.3 Å². The van der Waals surface area contributed by atoms with Crippen LogP contribution < -0.4 is 5.32 Å². The molecule has 0 saturated heterocycles. The largest absolute Gasteiger partial charge is 0.395 e. The number of aliphatic hydroxyl groups excluding tert-OH is 1. The van der Waals surface area contributed by atoms with Gasteiger partial charge in [-0.05, 0) is 30.5 Å². The lowest BCUT2D eigenvalue weighted by atomic mass is 10.1. The van der Waals surface area contributed by atoms with Gasteiger partial charge < -0.3 is 14.9 Å². The van der Waals surface area contributed by atoms with Crippen LogP contribution in [0.25, 0.3) is 11.5 Å². The Bertz CT molecular complexity index is 741. The van der Waals surface area contributed by atoms with Gasteiger partial charge in [-0.2, -0.15) is 4.98 Å². The minimum absolute atomic E-state index is 0.0689. The second-order valence-corrected chi connectivity index (χ2v) is 5.44. The number of aliphatic hydroxyl groups is 1. The van der Waals surface area contributed by atoms with Gasteiger partial charge in [-0.25, -0.2) is 4.98 Å². The zero-order valence-electron chi connectivity index (χ0n) is 13.4. The minimum Gasteiger partial charge on any atom is -0.395 e. The molecule has 0 bridgehead atoms. The molecule has 24 heavy (non-hydrogen) atoms. The summed E-state index contributed by atoms with van der Waals surface area (Å²) in [5.41, 5.74) is 2.10. The number of rotatable bonds is 8. The lowest BCUT2D eigenvalue weighted by Crippen LogP contribution is -2.06. The molecule has 124 valence electrons. The highest BCUT2D eigenvalue weighted by atomic mass is 16.5. The molecule has 1 aromatic carbocycles. The van der Waals surface area contributed by atoms with Gasteiger partial charge >= 0.3 is 0 Å². The van der Waals surface area contributed by atoms with Crippen LogP contribution in [0.15, 0.2) is 53.2 Å². The molecule has 0 fully saturated rings. The van der Waals surface area contributed by atoms with Crippen molar-refractivity contribution in [2.45, 2.75) is 19.3 Å². The van der Waals surface area contributed by atoms with E-state index in [4.69, 9.17) is 9.63 Å². The average molecular weight is 324 g/mol. The molecule has 0 amide bonds. The second kappa shape index (κ2) is 8.21. The Morgan fingerprint density at radius 2 is 1.92 bits per heavy atom. The van der Waals surface area contributed by atoms with Crippen LogP contribution in [0.1, 0.15) is 17.8 Å². The van der Waals surface area contributed by atoms with E-state index in [1.165, 1.54) is 5.56 Å². The molecule has 0 aliphatic carbocycles. The monoisotopic (exact) mass is 324 g/mol. The fraction of sp³-hybridized carbons (Fsp3) is 0.278. The normalized spacial score (nSPS) is 10.7. The fourth-order valence-corrected chi connectivity index (χ4v) is 2.38. The van der Waals surface area contributed by atoms with E-state index in [2.05, 4.69) is 32.6 Å². The van der Waals surface area contributed by atoms with Crippen molar-refractivity contribution in [1.29, 1.82) is 0 Å². The first kappa shape index (κ1) is 16.1. The highest BCUT2D eigenvalue weighted by Gasteiger charge is 2.09. The highest BCUT2D eigenvalue weighted by molar-refractivity contribution is 5.54. The van der Waals surface area contributed by atoms with Crippen LogP contribution in [0.3, 0.4) is 0 Å². The van der Waals surface area contributed by atoms with Crippen molar-refractivity contribution in [3.8, 4) is 11.5 Å². The molecule has 0 aliphatic rings. The molecule has 0 aliphatic heterocycles. The lowest BCUT2D eigenvalue weighted by Gasteiger charge is -2.02. The molecule has 2 aromatic heterocycles. The molecule has 0 atom stereocenters. The van der Waals surface area contributed by atoms with E-state index in [9.17, 15) is 0 Å². The number of nitrogens with zero attached hydrogens (tertiary/aromatic N) is 3. The minimum atomic E-state index is 0.0689. The summed E-state index contributed by atoms with van der Waals surface area (Å²) >= 11 is 0. The van der Waals surface area contributed by atoms with Gasteiger partial charge in [0, 0.05) is 19.2 Å². The predicted octanol–water partition coefficient (Wildman–Crippen LogP) is 2.71. The molecule has 2 heterocycles. The lowest BCUT2D eigenvalue weighted by molar-refractivity contribution is 0.311. The Morgan fingerprint density at radius 1 is 1.04 bits per heavy atom. The standard InChI is InChI=1S/C18H20N4O2/c23-12-11-19-16-10-9-15(13-20-16)18-21-17(22-24-18)8-4-7-14-5-2-1-3-6-14/h1-3,5-6,9-10,13,23H,4,7-8,11-12H2,(H,19,20). The Hall–Kier alpha value is -2.73. The van der Waals surface area contributed by atoms with Crippen molar-refractivity contribution in [2.24, 2.45) is 0 Å². The molecule has 3 aromatic rings. The van der Waals surface area contributed by atoms with Crippen molar-refractivity contribution in [3.05, 3.63) is 60.0 Å². The first-order valence-corrected chi connectivity index (χ1v) is 8.03. The fourth-order valence-electron chi connectivity index (χ4n) is 2.38. The van der Waals surface area contributed by atoms with Gasteiger partial charge in [0.05, 0.1) is 12.2 Å². The molecular formula is C18H20N4O2. The van der Waals surface area contributed by atoms with Crippen LogP contribution >= 0.6 is 0 Å². The van der Waals surface area contributed by atoms with E-state index in [0.29, 0.717) is 24.1 Å². The number of pyridine rings is 1. The van der Waals surface area contributed by atoms with Crippen molar-refractivity contribution < 1.29 is 9.63 Å². The summed E-state index contributed by atoms with van der Waals surface area (Å²) in [6.07, 6.45) is 4.44. The van der Waals surface area contributed by atoms with E-state index in [-0.39, 0.29) is 6.61 Å². The number of nitrogens with one attached hydrogen (secondary N) is 1. The molecular weight excluding hydrogens is 304 g/mol. The van der Waals surface area contributed by atoms with Gasteiger partial charge in [-0.15, -0.1) is 0 Å². The zero-order chi connectivity index (χ0) is 16.6. The number of benzene rings is 1. The van der Waals surface area contributed by atoms with Gasteiger partial charge in [-0.1, -0.05) is 35.5 Å². The summed E-state index contributed by atoms with van der Waals surface area (Å²) in [5.74, 6) is 1.89. The maximum absolute atomic E-state index is 8.78. The van der Waals surface area contributed by atoms with Crippen molar-refractivity contribution in [2.75, 3.05) is 18.5 Å². The summed E-state index contributed by atoms with van der Waals surface area (Å²) in [7, 11) is 0. The Labute approximate surface area is 140 Å². The molecule has 3 rings (SSSR count). The van der Waals surface area contributed by atoms with Crippen LogP contribution in [0, 0.1) is 0 Å². The number of anilines is 1. The Morgan fingerprint density at radius 3 is 2.67 bits per heavy atom. The SMILES string of the molecule is OCCNc1ccc(-c2nc(CCCc3ccccc3)no2)cn1. The van der Waals surface area contributed by atoms with Gasteiger partial charge in [0.25, 0.3) is 5.89 Å². The maximum Gasteiger partial charge on any atom is 0.259 e.